The minimum atomic E-state index is -3.57. The van der Waals surface area contributed by atoms with Crippen LogP contribution >= 0.6 is 0 Å². The summed E-state index contributed by atoms with van der Waals surface area (Å²) in [5.41, 5.74) is 0. The van der Waals surface area contributed by atoms with Crippen LogP contribution in [-0.4, -0.2) is 74.1 Å². The van der Waals surface area contributed by atoms with Crippen LogP contribution in [0, 0.1) is 0 Å². The van der Waals surface area contributed by atoms with Gasteiger partial charge in [0.05, 0.1) is 11.5 Å². The molecule has 0 atom stereocenters. The molecule has 0 saturated heterocycles. The fraction of sp³-hybridized carbons (Fsp3) is 0.684. The Morgan fingerprint density at radius 2 is 1.16 bits per heavy atom. The second kappa shape index (κ2) is 18.5. The average Bonchev–Trinajstić information content (AvgIpc) is 2.56. The maximum atomic E-state index is 11.9. The molecule has 2 radical (unpaired) electrons. The zero-order chi connectivity index (χ0) is 16.8. The van der Waals surface area contributed by atoms with Gasteiger partial charge in [0.25, 0.3) is 10.1 Å². The van der Waals surface area contributed by atoms with Gasteiger partial charge < -0.3 is 0 Å². The van der Waals surface area contributed by atoms with Gasteiger partial charge in [-0.2, -0.15) is 8.42 Å². The van der Waals surface area contributed by atoms with Crippen LogP contribution < -0.4 is 0 Å². The van der Waals surface area contributed by atoms with E-state index in [1.165, 1.54) is 57.8 Å². The SMILES string of the molecule is CCCCCCCCCCCCCOS(=O)(=O)c1ccccc1.[Na].[Na]. The van der Waals surface area contributed by atoms with Gasteiger partial charge in [-0.25, -0.2) is 0 Å². The van der Waals surface area contributed by atoms with E-state index in [4.69, 9.17) is 4.18 Å². The third-order valence-corrected chi connectivity index (χ3v) is 5.34. The van der Waals surface area contributed by atoms with Crippen molar-refractivity contribution in [1.82, 2.24) is 0 Å². The second-order valence-corrected chi connectivity index (χ2v) is 7.74. The van der Waals surface area contributed by atoms with Crippen LogP contribution in [0.4, 0.5) is 0 Å². The van der Waals surface area contributed by atoms with Crippen molar-refractivity contribution >= 4 is 69.2 Å². The van der Waals surface area contributed by atoms with E-state index in [1.54, 1.807) is 30.3 Å². The Labute approximate surface area is 199 Å². The van der Waals surface area contributed by atoms with Crippen molar-refractivity contribution in [2.45, 2.75) is 82.4 Å². The van der Waals surface area contributed by atoms with Crippen LogP contribution in [0.25, 0.3) is 0 Å². The van der Waals surface area contributed by atoms with Crippen molar-refractivity contribution in [2.75, 3.05) is 6.61 Å². The molecule has 3 nitrogen and oxygen atoms in total. The van der Waals surface area contributed by atoms with Gasteiger partial charge in [-0.15, -0.1) is 0 Å². The predicted octanol–water partition coefficient (Wildman–Crippen LogP) is 4.94. The molecular formula is C19H32Na2O3S. The summed E-state index contributed by atoms with van der Waals surface area (Å²) in [6.07, 6.45) is 13.7. The first kappa shape index (κ1) is 28.3. The molecule has 1 aromatic carbocycles. The molecule has 0 N–H and O–H groups in total. The molecular weight excluding hydrogens is 354 g/mol. The van der Waals surface area contributed by atoms with Crippen molar-refractivity contribution < 1.29 is 12.6 Å². The first-order valence-corrected chi connectivity index (χ1v) is 10.5. The monoisotopic (exact) mass is 386 g/mol. The number of benzene rings is 1. The molecule has 1 aromatic rings. The van der Waals surface area contributed by atoms with E-state index >= 15 is 0 Å². The maximum absolute atomic E-state index is 11.9. The Balaban J connectivity index is 0. The van der Waals surface area contributed by atoms with Gasteiger partial charge in [0, 0.05) is 59.1 Å². The molecule has 0 aliphatic rings. The normalized spacial score (nSPS) is 10.8. The molecule has 0 saturated carbocycles. The van der Waals surface area contributed by atoms with E-state index in [0.29, 0.717) is 0 Å². The summed E-state index contributed by atoms with van der Waals surface area (Å²) in [5, 5.41) is 0. The molecule has 0 aliphatic carbocycles. The number of hydrogen-bond donors (Lipinski definition) is 0. The van der Waals surface area contributed by atoms with E-state index in [1.807, 2.05) is 0 Å². The summed E-state index contributed by atoms with van der Waals surface area (Å²) < 4.78 is 28.9. The average molecular weight is 387 g/mol. The first-order valence-electron chi connectivity index (χ1n) is 9.11. The summed E-state index contributed by atoms with van der Waals surface area (Å²) in [6.45, 7) is 2.53. The van der Waals surface area contributed by atoms with E-state index in [0.717, 1.165) is 12.8 Å². The van der Waals surface area contributed by atoms with Crippen LogP contribution in [-0.2, 0) is 14.3 Å². The van der Waals surface area contributed by atoms with Gasteiger partial charge in [0.1, 0.15) is 0 Å². The molecule has 0 bridgehead atoms. The second-order valence-electron chi connectivity index (χ2n) is 6.12. The Morgan fingerprint density at radius 3 is 1.64 bits per heavy atom. The minimum absolute atomic E-state index is 0. The summed E-state index contributed by atoms with van der Waals surface area (Å²) >= 11 is 0. The van der Waals surface area contributed by atoms with Crippen molar-refractivity contribution in [3.63, 3.8) is 0 Å². The van der Waals surface area contributed by atoms with Gasteiger partial charge in [0.2, 0.25) is 0 Å². The summed E-state index contributed by atoms with van der Waals surface area (Å²) in [5.74, 6) is 0. The third-order valence-electron chi connectivity index (χ3n) is 4.02. The number of rotatable bonds is 14. The molecule has 0 spiro atoms. The van der Waals surface area contributed by atoms with Crippen LogP contribution in [0.1, 0.15) is 77.6 Å². The van der Waals surface area contributed by atoms with Gasteiger partial charge in [-0.3, -0.25) is 4.18 Å². The van der Waals surface area contributed by atoms with E-state index in [9.17, 15) is 8.42 Å². The largest absolute Gasteiger partial charge is 0.296 e. The van der Waals surface area contributed by atoms with Crippen molar-refractivity contribution in [2.24, 2.45) is 0 Å². The quantitative estimate of drug-likeness (QED) is 0.258. The number of hydrogen-bond acceptors (Lipinski definition) is 3. The van der Waals surface area contributed by atoms with E-state index in [-0.39, 0.29) is 70.6 Å². The van der Waals surface area contributed by atoms with Crippen molar-refractivity contribution in [3.8, 4) is 0 Å². The van der Waals surface area contributed by atoms with E-state index in [2.05, 4.69) is 6.92 Å². The molecule has 0 amide bonds. The van der Waals surface area contributed by atoms with Gasteiger partial charge in [-0.05, 0) is 18.6 Å². The molecule has 0 aliphatic heterocycles. The van der Waals surface area contributed by atoms with Gasteiger partial charge in [-0.1, -0.05) is 89.3 Å². The standard InChI is InChI=1S/C19H32O3S.2Na/c1-2-3-4-5-6-7-8-9-10-11-15-18-22-23(20,21)19-16-13-12-14-17-19;;/h12-14,16-17H,2-11,15,18H2,1H3;;. The molecule has 0 unspecified atom stereocenters. The fourth-order valence-corrected chi connectivity index (χ4v) is 3.55. The summed E-state index contributed by atoms with van der Waals surface area (Å²) in [6, 6.07) is 8.34. The number of unbranched alkanes of at least 4 members (excludes halogenated alkanes) is 10. The molecule has 6 heteroatoms. The summed E-state index contributed by atoms with van der Waals surface area (Å²) in [7, 11) is -3.57. The minimum Gasteiger partial charge on any atom is -0.266 e. The van der Waals surface area contributed by atoms with Gasteiger partial charge >= 0.3 is 0 Å². The summed E-state index contributed by atoms with van der Waals surface area (Å²) in [4.78, 5) is 0.239. The van der Waals surface area contributed by atoms with Crippen molar-refractivity contribution in [1.29, 1.82) is 0 Å². The first-order chi connectivity index (χ1) is 11.2. The zero-order valence-electron chi connectivity index (χ0n) is 16.5. The van der Waals surface area contributed by atoms with E-state index < -0.39 is 10.1 Å². The van der Waals surface area contributed by atoms with Gasteiger partial charge in [0.15, 0.2) is 0 Å². The Hall–Kier alpha value is 1.13. The Kier molecular flexibility index (Phi) is 21.0. The smallest absolute Gasteiger partial charge is 0.266 e. The fourth-order valence-electron chi connectivity index (χ4n) is 2.59. The van der Waals surface area contributed by atoms with Crippen LogP contribution in [0.5, 0.6) is 0 Å². The molecule has 0 heterocycles. The molecule has 0 fully saturated rings. The topological polar surface area (TPSA) is 43.4 Å². The van der Waals surface area contributed by atoms with Crippen LogP contribution in [0.2, 0.25) is 0 Å². The zero-order valence-corrected chi connectivity index (χ0v) is 21.3. The van der Waals surface area contributed by atoms with Crippen LogP contribution in [0.15, 0.2) is 35.2 Å². The Morgan fingerprint density at radius 1 is 0.720 bits per heavy atom. The third kappa shape index (κ3) is 14.8. The molecule has 25 heavy (non-hydrogen) atoms. The maximum Gasteiger partial charge on any atom is 0.296 e. The Bertz CT molecular complexity index is 493. The van der Waals surface area contributed by atoms with Crippen molar-refractivity contribution in [3.05, 3.63) is 30.3 Å². The van der Waals surface area contributed by atoms with Crippen LogP contribution in [0.3, 0.4) is 0 Å². The molecule has 1 rings (SSSR count). The molecule has 134 valence electrons. The molecule has 0 aromatic heterocycles. The predicted molar refractivity (Wildman–Crippen MR) is 108 cm³/mol.